The van der Waals surface area contributed by atoms with Gasteiger partial charge >= 0.3 is 6.03 Å². The van der Waals surface area contributed by atoms with Crippen molar-refractivity contribution in [1.29, 1.82) is 0 Å². The summed E-state index contributed by atoms with van der Waals surface area (Å²) in [5, 5.41) is 5.56. The molecular weight excluding hydrogens is 418 g/mol. The number of nitrogens with one attached hydrogen (secondary N) is 2. The van der Waals surface area contributed by atoms with Gasteiger partial charge in [-0.25, -0.2) is 4.79 Å². The molecule has 1 aliphatic heterocycles. The molecule has 1 heterocycles. The number of rotatable bonds is 8. The Morgan fingerprint density at radius 1 is 0.909 bits per heavy atom. The number of ether oxygens (including phenoxy) is 1. The van der Waals surface area contributed by atoms with E-state index >= 15 is 0 Å². The van der Waals surface area contributed by atoms with E-state index in [2.05, 4.69) is 10.6 Å². The smallest absolute Gasteiger partial charge is 0.325 e. The summed E-state index contributed by atoms with van der Waals surface area (Å²) >= 11 is 0. The van der Waals surface area contributed by atoms with Crippen molar-refractivity contribution in [2.75, 3.05) is 11.9 Å². The van der Waals surface area contributed by atoms with Gasteiger partial charge in [-0.15, -0.1) is 0 Å². The standard InChI is InChI=1S/C26H25N3O4/c1-2-17-26(19-9-5-3-6-10-19)24(31)29(25(32)28-26)18-23(30)27-20-13-15-22(16-14-20)33-21-11-7-4-8-12-21/h3-16H,2,17-18H2,1H3,(H,27,30)(H,28,32)/t26-/m0/s1. The fourth-order valence-corrected chi connectivity index (χ4v) is 3.95. The number of carbonyl (C=O) groups is 3. The third-order valence-corrected chi connectivity index (χ3v) is 5.49. The Balaban J connectivity index is 1.42. The summed E-state index contributed by atoms with van der Waals surface area (Å²) in [5.41, 5.74) is 0.0986. The molecule has 3 aromatic rings. The molecule has 168 valence electrons. The Morgan fingerprint density at radius 3 is 2.15 bits per heavy atom. The van der Waals surface area contributed by atoms with E-state index in [0.29, 0.717) is 35.6 Å². The summed E-state index contributed by atoms with van der Waals surface area (Å²) in [6.45, 7) is 1.58. The number of para-hydroxylation sites is 1. The van der Waals surface area contributed by atoms with E-state index in [0.717, 1.165) is 4.90 Å². The van der Waals surface area contributed by atoms with E-state index in [4.69, 9.17) is 4.74 Å². The van der Waals surface area contributed by atoms with Gasteiger partial charge in [0.25, 0.3) is 5.91 Å². The number of benzene rings is 3. The Hall–Kier alpha value is -4.13. The average molecular weight is 444 g/mol. The molecule has 0 aliphatic carbocycles. The van der Waals surface area contributed by atoms with Crippen LogP contribution in [0.25, 0.3) is 0 Å². The molecule has 7 nitrogen and oxygen atoms in total. The van der Waals surface area contributed by atoms with E-state index in [1.165, 1.54) is 0 Å². The molecular formula is C26H25N3O4. The summed E-state index contributed by atoms with van der Waals surface area (Å²) in [5.74, 6) is 0.459. The van der Waals surface area contributed by atoms with Crippen LogP contribution in [0.5, 0.6) is 11.5 Å². The second kappa shape index (κ2) is 9.56. The molecule has 1 aliphatic rings. The van der Waals surface area contributed by atoms with Crippen molar-refractivity contribution in [3.8, 4) is 11.5 Å². The highest BCUT2D eigenvalue weighted by Crippen LogP contribution is 2.33. The van der Waals surface area contributed by atoms with E-state index in [9.17, 15) is 14.4 Å². The lowest BCUT2D eigenvalue weighted by Crippen LogP contribution is -2.44. The summed E-state index contributed by atoms with van der Waals surface area (Å²) < 4.78 is 5.74. The zero-order valence-electron chi connectivity index (χ0n) is 18.3. The van der Waals surface area contributed by atoms with Gasteiger partial charge in [-0.2, -0.15) is 0 Å². The van der Waals surface area contributed by atoms with Gasteiger partial charge in [-0.1, -0.05) is 61.9 Å². The number of anilines is 1. The topological polar surface area (TPSA) is 87.7 Å². The summed E-state index contributed by atoms with van der Waals surface area (Å²) in [6, 6.07) is 24.8. The first kappa shape index (κ1) is 22.1. The van der Waals surface area contributed by atoms with Gasteiger partial charge in [0.2, 0.25) is 5.91 Å². The fourth-order valence-electron chi connectivity index (χ4n) is 3.95. The van der Waals surface area contributed by atoms with Crippen molar-refractivity contribution in [2.24, 2.45) is 0 Å². The molecule has 3 aromatic carbocycles. The first-order valence-electron chi connectivity index (χ1n) is 10.8. The zero-order valence-corrected chi connectivity index (χ0v) is 18.3. The quantitative estimate of drug-likeness (QED) is 0.496. The number of nitrogens with zero attached hydrogens (tertiary/aromatic N) is 1. The molecule has 7 heteroatoms. The molecule has 33 heavy (non-hydrogen) atoms. The van der Waals surface area contributed by atoms with Crippen LogP contribution in [-0.2, 0) is 15.1 Å². The van der Waals surface area contributed by atoms with E-state index < -0.39 is 23.4 Å². The van der Waals surface area contributed by atoms with E-state index in [1.807, 2.05) is 67.6 Å². The van der Waals surface area contributed by atoms with Crippen molar-refractivity contribution < 1.29 is 19.1 Å². The lowest BCUT2D eigenvalue weighted by atomic mass is 9.85. The van der Waals surface area contributed by atoms with Gasteiger partial charge in [-0.3, -0.25) is 14.5 Å². The van der Waals surface area contributed by atoms with Crippen LogP contribution in [0.2, 0.25) is 0 Å². The number of carbonyl (C=O) groups excluding carboxylic acids is 3. The van der Waals surface area contributed by atoms with Crippen LogP contribution in [0.1, 0.15) is 25.3 Å². The normalized spacial score (nSPS) is 17.5. The largest absolute Gasteiger partial charge is 0.457 e. The zero-order chi connectivity index (χ0) is 23.3. The summed E-state index contributed by atoms with van der Waals surface area (Å²) in [7, 11) is 0. The van der Waals surface area contributed by atoms with Crippen LogP contribution in [0.3, 0.4) is 0 Å². The Labute approximate surface area is 192 Å². The van der Waals surface area contributed by atoms with E-state index in [-0.39, 0.29) is 6.54 Å². The first-order chi connectivity index (χ1) is 16.0. The van der Waals surface area contributed by atoms with Gasteiger partial charge in [0.1, 0.15) is 23.6 Å². The molecule has 0 aromatic heterocycles. The molecule has 2 N–H and O–H groups in total. The number of hydrogen-bond acceptors (Lipinski definition) is 4. The van der Waals surface area contributed by atoms with Crippen molar-refractivity contribution in [1.82, 2.24) is 10.2 Å². The number of hydrogen-bond donors (Lipinski definition) is 2. The molecule has 4 rings (SSSR count). The van der Waals surface area contributed by atoms with E-state index in [1.54, 1.807) is 24.3 Å². The molecule has 0 radical (unpaired) electrons. The average Bonchev–Trinajstić information content (AvgIpc) is 3.07. The van der Waals surface area contributed by atoms with Crippen LogP contribution >= 0.6 is 0 Å². The maximum absolute atomic E-state index is 13.3. The van der Waals surface area contributed by atoms with Crippen LogP contribution in [0, 0.1) is 0 Å². The number of urea groups is 1. The molecule has 0 bridgehead atoms. The fraction of sp³-hybridized carbons (Fsp3) is 0.192. The molecule has 0 spiro atoms. The Morgan fingerprint density at radius 2 is 1.52 bits per heavy atom. The van der Waals surface area contributed by atoms with Gasteiger partial charge < -0.3 is 15.4 Å². The van der Waals surface area contributed by atoms with Gasteiger partial charge in [0.05, 0.1) is 0 Å². The molecule has 4 amide bonds. The minimum absolute atomic E-state index is 0.370. The van der Waals surface area contributed by atoms with Crippen molar-refractivity contribution in [3.63, 3.8) is 0 Å². The van der Waals surface area contributed by atoms with Crippen LogP contribution in [-0.4, -0.2) is 29.3 Å². The summed E-state index contributed by atoms with van der Waals surface area (Å²) in [4.78, 5) is 39.5. The Bertz CT molecular complexity index is 1130. The van der Waals surface area contributed by atoms with Crippen molar-refractivity contribution in [3.05, 3.63) is 90.5 Å². The predicted molar refractivity (Wildman–Crippen MR) is 125 cm³/mol. The lowest BCUT2D eigenvalue weighted by Gasteiger charge is -2.26. The van der Waals surface area contributed by atoms with Crippen molar-refractivity contribution >= 4 is 23.5 Å². The SMILES string of the molecule is CCC[C@@]1(c2ccccc2)NC(=O)N(CC(=O)Nc2ccc(Oc3ccccc3)cc2)C1=O. The number of amides is 4. The molecule has 1 fully saturated rings. The monoisotopic (exact) mass is 443 g/mol. The van der Waals surface area contributed by atoms with Gasteiger partial charge in [0.15, 0.2) is 0 Å². The molecule has 0 unspecified atom stereocenters. The van der Waals surface area contributed by atoms with Crippen LogP contribution in [0.15, 0.2) is 84.9 Å². The maximum Gasteiger partial charge on any atom is 0.325 e. The lowest BCUT2D eigenvalue weighted by molar-refractivity contribution is -0.134. The molecule has 0 saturated carbocycles. The minimum atomic E-state index is -1.15. The maximum atomic E-state index is 13.3. The second-order valence-electron chi connectivity index (χ2n) is 7.83. The Kier molecular flexibility index (Phi) is 6.40. The molecule has 1 atom stereocenters. The first-order valence-corrected chi connectivity index (χ1v) is 10.8. The molecule has 1 saturated heterocycles. The van der Waals surface area contributed by atoms with Crippen LogP contribution in [0.4, 0.5) is 10.5 Å². The summed E-state index contributed by atoms with van der Waals surface area (Å²) in [6.07, 6.45) is 1.14. The van der Waals surface area contributed by atoms with Gasteiger partial charge in [-0.05, 0) is 48.4 Å². The highest BCUT2D eigenvalue weighted by molar-refractivity contribution is 6.10. The van der Waals surface area contributed by atoms with Crippen molar-refractivity contribution in [2.45, 2.75) is 25.3 Å². The van der Waals surface area contributed by atoms with Crippen LogP contribution < -0.4 is 15.4 Å². The minimum Gasteiger partial charge on any atom is -0.457 e. The third-order valence-electron chi connectivity index (χ3n) is 5.49. The highest BCUT2D eigenvalue weighted by atomic mass is 16.5. The highest BCUT2D eigenvalue weighted by Gasteiger charge is 2.52. The number of imide groups is 1. The predicted octanol–water partition coefficient (Wildman–Crippen LogP) is 4.66. The third kappa shape index (κ3) is 4.72. The van der Waals surface area contributed by atoms with Gasteiger partial charge in [0, 0.05) is 5.69 Å². The second-order valence-corrected chi connectivity index (χ2v) is 7.83.